The van der Waals surface area contributed by atoms with E-state index in [9.17, 15) is 19.8 Å². The van der Waals surface area contributed by atoms with Gasteiger partial charge in [-0.15, -0.1) is 0 Å². The first-order valence-electron chi connectivity index (χ1n) is 7.44. The van der Waals surface area contributed by atoms with Crippen molar-refractivity contribution in [2.75, 3.05) is 12.1 Å². The first-order chi connectivity index (χ1) is 11.7. The molecule has 132 valence electrons. The van der Waals surface area contributed by atoms with E-state index < -0.39 is 36.2 Å². The number of hydrogen-bond donors (Lipinski definition) is 4. The molecule has 1 aromatic heterocycles. The number of ether oxygens (including phenoxy) is 2. The highest BCUT2D eigenvalue weighted by atomic mass is 16.6. The van der Waals surface area contributed by atoms with Crippen LogP contribution in [0.15, 0.2) is 4.79 Å². The zero-order valence-electron chi connectivity index (χ0n) is 13.6. The molecule has 0 aliphatic carbocycles. The number of esters is 1. The number of carbonyl (C=O) groups is 1. The van der Waals surface area contributed by atoms with Gasteiger partial charge >= 0.3 is 11.7 Å². The molecule has 1 fully saturated rings. The second-order valence-electron chi connectivity index (χ2n) is 5.85. The van der Waals surface area contributed by atoms with Gasteiger partial charge in [-0.3, -0.25) is 20.0 Å². The van der Waals surface area contributed by atoms with Crippen molar-refractivity contribution in [3.63, 3.8) is 0 Å². The fourth-order valence-electron chi connectivity index (χ4n) is 2.31. The van der Waals surface area contributed by atoms with Gasteiger partial charge in [0.05, 0.1) is 5.92 Å². The summed E-state index contributed by atoms with van der Waals surface area (Å²) in [5, 5.41) is 29.1. The van der Waals surface area contributed by atoms with E-state index in [1.165, 1.54) is 0 Å². The number of nitrogens with one attached hydrogen (secondary N) is 1. The number of anilines is 1. The number of aliphatic hydroxyl groups excluding tert-OH is 2. The minimum absolute atomic E-state index is 0.248. The average molecular weight is 349 g/mol. The van der Waals surface area contributed by atoms with E-state index in [0.29, 0.717) is 0 Å². The zero-order valence-corrected chi connectivity index (χ0v) is 13.6. The summed E-state index contributed by atoms with van der Waals surface area (Å²) in [6.45, 7) is 2.95. The Morgan fingerprint density at radius 2 is 2.04 bits per heavy atom. The lowest BCUT2D eigenvalue weighted by molar-refractivity contribution is -0.153. The number of carbonyl (C=O) groups excluding carboxylic acids is 1. The Labute approximate surface area is 145 Å². The van der Waals surface area contributed by atoms with Crippen molar-refractivity contribution in [3.8, 4) is 0 Å². The van der Waals surface area contributed by atoms with Gasteiger partial charge in [-0.25, -0.2) is 4.79 Å². The SMILES string of the molecule is [B]c1c(NO)nc(=O)n([C@@H]2O[C@H](COC(=O)C(C)C)[C@@H](O)[C@H]2O)c1[B]. The van der Waals surface area contributed by atoms with Gasteiger partial charge in [0.2, 0.25) is 0 Å². The molecule has 0 amide bonds. The van der Waals surface area contributed by atoms with Gasteiger partial charge in [0.25, 0.3) is 0 Å². The monoisotopic (exact) mass is 349 g/mol. The summed E-state index contributed by atoms with van der Waals surface area (Å²) in [6, 6.07) is 0. The Hall–Kier alpha value is -1.88. The molecule has 0 saturated carbocycles. The average Bonchev–Trinajstić information content (AvgIpc) is 2.84. The summed E-state index contributed by atoms with van der Waals surface area (Å²) >= 11 is 0. The van der Waals surface area contributed by atoms with Crippen molar-refractivity contribution in [2.45, 2.75) is 38.4 Å². The van der Waals surface area contributed by atoms with E-state index >= 15 is 0 Å². The minimum Gasteiger partial charge on any atom is -0.463 e. The fourth-order valence-corrected chi connectivity index (χ4v) is 2.31. The van der Waals surface area contributed by atoms with Crippen molar-refractivity contribution >= 4 is 38.5 Å². The van der Waals surface area contributed by atoms with Crippen LogP contribution in [0, 0.1) is 5.92 Å². The molecule has 1 aromatic rings. The van der Waals surface area contributed by atoms with Crippen LogP contribution in [0.2, 0.25) is 0 Å². The van der Waals surface area contributed by atoms with Gasteiger partial charge in [0.15, 0.2) is 6.23 Å². The normalized spacial score (nSPS) is 26.0. The number of nitrogens with zero attached hydrogens (tertiary/aromatic N) is 2. The number of aliphatic hydroxyl groups is 2. The smallest absolute Gasteiger partial charge is 0.351 e. The fraction of sp³-hybridized carbons (Fsp3) is 0.615. The van der Waals surface area contributed by atoms with Crippen molar-refractivity contribution < 1.29 is 29.7 Å². The molecule has 2 rings (SSSR count). The van der Waals surface area contributed by atoms with Crippen LogP contribution < -0.4 is 22.2 Å². The highest BCUT2D eigenvalue weighted by Crippen LogP contribution is 2.28. The third-order valence-electron chi connectivity index (χ3n) is 3.76. The van der Waals surface area contributed by atoms with Crippen LogP contribution in [0.1, 0.15) is 20.1 Å². The van der Waals surface area contributed by atoms with Crippen LogP contribution >= 0.6 is 0 Å². The predicted molar refractivity (Wildman–Crippen MR) is 86.4 cm³/mol. The van der Waals surface area contributed by atoms with Gasteiger partial charge in [-0.2, -0.15) is 4.98 Å². The third-order valence-corrected chi connectivity index (χ3v) is 3.76. The molecule has 0 bridgehead atoms. The third kappa shape index (κ3) is 3.71. The summed E-state index contributed by atoms with van der Waals surface area (Å²) in [5.41, 5.74) is 0.0800. The largest absolute Gasteiger partial charge is 0.463 e. The lowest BCUT2D eigenvalue weighted by atomic mass is 9.85. The quantitative estimate of drug-likeness (QED) is 0.241. The minimum atomic E-state index is -1.54. The van der Waals surface area contributed by atoms with Crippen LogP contribution in [0.25, 0.3) is 0 Å². The molecular formula is C13H17B2N3O7. The molecule has 0 spiro atoms. The second kappa shape index (κ2) is 7.56. The van der Waals surface area contributed by atoms with Crippen LogP contribution in [0.3, 0.4) is 0 Å². The Morgan fingerprint density at radius 1 is 1.40 bits per heavy atom. The molecule has 1 aliphatic heterocycles. The Kier molecular flexibility index (Phi) is 5.88. The van der Waals surface area contributed by atoms with Crippen LogP contribution in [-0.4, -0.2) is 71.6 Å². The summed E-state index contributed by atoms with van der Waals surface area (Å²) in [7, 11) is 11.4. The van der Waals surface area contributed by atoms with Gasteiger partial charge in [-0.1, -0.05) is 13.8 Å². The molecule has 1 aliphatic rings. The maximum atomic E-state index is 12.1. The number of rotatable bonds is 5. The molecule has 10 nitrogen and oxygen atoms in total. The highest BCUT2D eigenvalue weighted by Gasteiger charge is 2.45. The van der Waals surface area contributed by atoms with Gasteiger partial charge < -0.3 is 19.7 Å². The Bertz CT molecular complexity index is 712. The van der Waals surface area contributed by atoms with Gasteiger partial charge in [0, 0.05) is 0 Å². The van der Waals surface area contributed by atoms with Crippen molar-refractivity contribution in [1.29, 1.82) is 0 Å². The first kappa shape index (κ1) is 19.4. The lowest BCUT2D eigenvalue weighted by Crippen LogP contribution is -2.49. The van der Waals surface area contributed by atoms with E-state index in [0.717, 1.165) is 4.57 Å². The molecule has 4 N–H and O–H groups in total. The standard InChI is InChI=1S/C13H17B2N3O7/c1-4(2)12(21)24-3-5-7(19)8(20)11(25-5)18-9(15)6(14)10(17-23)16-13(18)22/h4-5,7-8,11,19-20,23H,3H2,1-2H3,(H,16,17,22)/t5-,7-,8-,11-/m1/s1. The first-order valence-corrected chi connectivity index (χ1v) is 7.44. The number of hydrogen-bond acceptors (Lipinski definition) is 9. The maximum absolute atomic E-state index is 12.1. The van der Waals surface area contributed by atoms with E-state index in [2.05, 4.69) is 4.98 Å². The molecule has 4 radical (unpaired) electrons. The van der Waals surface area contributed by atoms with E-state index in [1.54, 1.807) is 19.3 Å². The summed E-state index contributed by atoms with van der Waals surface area (Å²) < 4.78 is 11.1. The molecule has 1 saturated heterocycles. The van der Waals surface area contributed by atoms with Gasteiger partial charge in [-0.05, 0) is 11.1 Å². The van der Waals surface area contributed by atoms with E-state index in [1.807, 2.05) is 0 Å². The summed E-state index contributed by atoms with van der Waals surface area (Å²) in [5.74, 6) is -1.23. The molecule has 12 heteroatoms. The predicted octanol–water partition coefficient (Wildman–Crippen LogP) is -3.55. The second-order valence-corrected chi connectivity index (χ2v) is 5.85. The van der Waals surface area contributed by atoms with Gasteiger partial charge in [0.1, 0.15) is 46.4 Å². The Balaban J connectivity index is 2.25. The van der Waals surface area contributed by atoms with Crippen LogP contribution in [0.5, 0.6) is 0 Å². The molecule has 4 atom stereocenters. The molecule has 0 aromatic carbocycles. The topological polar surface area (TPSA) is 143 Å². The molecule has 2 heterocycles. The lowest BCUT2D eigenvalue weighted by Gasteiger charge is -2.22. The summed E-state index contributed by atoms with van der Waals surface area (Å²) in [4.78, 5) is 27.1. The van der Waals surface area contributed by atoms with Crippen molar-refractivity contribution in [2.24, 2.45) is 5.92 Å². The van der Waals surface area contributed by atoms with Crippen LogP contribution in [-0.2, 0) is 14.3 Å². The molecule has 0 unspecified atom stereocenters. The number of aromatic nitrogens is 2. The Morgan fingerprint density at radius 3 is 2.60 bits per heavy atom. The molecular weight excluding hydrogens is 332 g/mol. The van der Waals surface area contributed by atoms with E-state index in [-0.39, 0.29) is 29.4 Å². The highest BCUT2D eigenvalue weighted by molar-refractivity contribution is 6.49. The van der Waals surface area contributed by atoms with Crippen molar-refractivity contribution in [3.05, 3.63) is 10.5 Å². The summed E-state index contributed by atoms with van der Waals surface area (Å²) in [6.07, 6.45) is -5.45. The maximum Gasteiger partial charge on any atom is 0.351 e. The zero-order chi connectivity index (χ0) is 18.9. The van der Waals surface area contributed by atoms with Crippen LogP contribution in [0.4, 0.5) is 5.82 Å². The van der Waals surface area contributed by atoms with Crippen molar-refractivity contribution in [1.82, 2.24) is 9.55 Å². The van der Waals surface area contributed by atoms with E-state index in [4.69, 9.17) is 30.4 Å². The molecule has 25 heavy (non-hydrogen) atoms.